The van der Waals surface area contributed by atoms with E-state index in [4.69, 9.17) is 0 Å². The van der Waals surface area contributed by atoms with E-state index in [1.807, 2.05) is 44.2 Å². The first-order valence-corrected chi connectivity index (χ1v) is 8.99. The van der Waals surface area contributed by atoms with E-state index in [0.29, 0.717) is 5.56 Å². The normalized spacial score (nSPS) is 11.1. The number of carbonyl (C=O) groups excluding carboxylic acids is 2. The highest BCUT2D eigenvalue weighted by Crippen LogP contribution is 2.22. The maximum Gasteiger partial charge on any atom is 0.251 e. The van der Waals surface area contributed by atoms with E-state index < -0.39 is 0 Å². The van der Waals surface area contributed by atoms with Crippen molar-refractivity contribution in [2.75, 3.05) is 11.9 Å². The average molecular weight is 352 g/mol. The molecule has 0 atom stereocenters. The Balaban J connectivity index is 1.96. The van der Waals surface area contributed by atoms with Crippen LogP contribution < -0.4 is 10.6 Å². The standard InChI is InChI=1S/C22H28N2O2/c1-6-16-9-7-8-15(2)20(16)24-19(25)14-23-21(26)17-10-12-18(13-11-17)22(3,4)5/h7-13H,6,14H2,1-5H3,(H,23,26)(H,24,25). The van der Waals surface area contributed by atoms with Crippen molar-refractivity contribution in [2.24, 2.45) is 0 Å². The van der Waals surface area contributed by atoms with Crippen molar-refractivity contribution in [3.05, 3.63) is 64.7 Å². The lowest BCUT2D eigenvalue weighted by molar-refractivity contribution is -0.115. The number of amides is 2. The second kappa shape index (κ2) is 8.17. The summed E-state index contributed by atoms with van der Waals surface area (Å²) in [6, 6.07) is 13.4. The first-order chi connectivity index (χ1) is 12.2. The van der Waals surface area contributed by atoms with Crippen molar-refractivity contribution in [2.45, 2.75) is 46.5 Å². The summed E-state index contributed by atoms with van der Waals surface area (Å²) in [6.07, 6.45) is 0.837. The molecular formula is C22H28N2O2. The molecule has 0 saturated carbocycles. The number of nitrogens with one attached hydrogen (secondary N) is 2. The van der Waals surface area contributed by atoms with Crippen molar-refractivity contribution >= 4 is 17.5 Å². The number of aryl methyl sites for hydroxylation is 2. The van der Waals surface area contributed by atoms with Crippen LogP contribution in [0.4, 0.5) is 5.69 Å². The first-order valence-electron chi connectivity index (χ1n) is 8.99. The zero-order chi connectivity index (χ0) is 19.3. The predicted molar refractivity (Wildman–Crippen MR) is 107 cm³/mol. The van der Waals surface area contributed by atoms with Gasteiger partial charge >= 0.3 is 0 Å². The summed E-state index contributed by atoms with van der Waals surface area (Å²) < 4.78 is 0. The van der Waals surface area contributed by atoms with Crippen LogP contribution in [-0.2, 0) is 16.6 Å². The molecule has 2 N–H and O–H groups in total. The van der Waals surface area contributed by atoms with Gasteiger partial charge < -0.3 is 10.6 Å². The molecule has 0 aliphatic carbocycles. The summed E-state index contributed by atoms with van der Waals surface area (Å²) in [5.41, 5.74) is 4.70. The van der Waals surface area contributed by atoms with Crippen molar-refractivity contribution in [1.29, 1.82) is 0 Å². The molecule has 0 radical (unpaired) electrons. The minimum Gasteiger partial charge on any atom is -0.343 e. The molecule has 0 heterocycles. The molecule has 0 aromatic heterocycles. The molecule has 2 rings (SSSR count). The SMILES string of the molecule is CCc1cccc(C)c1NC(=O)CNC(=O)c1ccc(C(C)(C)C)cc1. The molecule has 2 aromatic carbocycles. The predicted octanol–water partition coefficient (Wildman–Crippen LogP) is 4.22. The van der Waals surface area contributed by atoms with Gasteiger partial charge in [-0.25, -0.2) is 0 Å². The van der Waals surface area contributed by atoms with Crippen LogP contribution >= 0.6 is 0 Å². The third-order valence-corrected chi connectivity index (χ3v) is 4.43. The van der Waals surface area contributed by atoms with Gasteiger partial charge in [0.2, 0.25) is 5.91 Å². The number of hydrogen-bond acceptors (Lipinski definition) is 2. The van der Waals surface area contributed by atoms with Crippen LogP contribution in [0, 0.1) is 6.92 Å². The molecule has 4 heteroatoms. The van der Waals surface area contributed by atoms with Gasteiger partial charge in [0, 0.05) is 11.3 Å². The van der Waals surface area contributed by atoms with Crippen LogP contribution in [-0.4, -0.2) is 18.4 Å². The van der Waals surface area contributed by atoms with Crippen molar-refractivity contribution in [3.8, 4) is 0 Å². The molecule has 26 heavy (non-hydrogen) atoms. The smallest absolute Gasteiger partial charge is 0.251 e. The Morgan fingerprint density at radius 2 is 1.65 bits per heavy atom. The zero-order valence-electron chi connectivity index (χ0n) is 16.3. The fraction of sp³-hybridized carbons (Fsp3) is 0.364. The van der Waals surface area contributed by atoms with Crippen molar-refractivity contribution < 1.29 is 9.59 Å². The monoisotopic (exact) mass is 352 g/mol. The molecule has 0 saturated heterocycles. The van der Waals surface area contributed by atoms with Gasteiger partial charge in [0.25, 0.3) is 5.91 Å². The quantitative estimate of drug-likeness (QED) is 0.846. The lowest BCUT2D eigenvalue weighted by Crippen LogP contribution is -2.33. The number of hydrogen-bond donors (Lipinski definition) is 2. The molecule has 0 bridgehead atoms. The van der Waals surface area contributed by atoms with E-state index in [9.17, 15) is 9.59 Å². The Hall–Kier alpha value is -2.62. The molecule has 2 amide bonds. The second-order valence-corrected chi connectivity index (χ2v) is 7.52. The van der Waals surface area contributed by atoms with Crippen LogP contribution in [0.5, 0.6) is 0 Å². The highest BCUT2D eigenvalue weighted by Gasteiger charge is 2.15. The van der Waals surface area contributed by atoms with Gasteiger partial charge in [-0.05, 0) is 47.6 Å². The molecule has 0 unspecified atom stereocenters. The number of benzene rings is 2. The first kappa shape index (κ1) is 19.7. The molecule has 2 aromatic rings. The maximum atomic E-state index is 12.3. The van der Waals surface area contributed by atoms with E-state index in [-0.39, 0.29) is 23.8 Å². The number of para-hydroxylation sites is 1. The number of anilines is 1. The van der Waals surface area contributed by atoms with Gasteiger partial charge in [-0.2, -0.15) is 0 Å². The van der Waals surface area contributed by atoms with E-state index in [0.717, 1.165) is 23.2 Å². The van der Waals surface area contributed by atoms with Gasteiger partial charge in [-0.1, -0.05) is 58.0 Å². The topological polar surface area (TPSA) is 58.2 Å². The zero-order valence-corrected chi connectivity index (χ0v) is 16.3. The van der Waals surface area contributed by atoms with Crippen LogP contribution in [0.3, 0.4) is 0 Å². The summed E-state index contributed by atoms with van der Waals surface area (Å²) in [7, 11) is 0. The third-order valence-electron chi connectivity index (χ3n) is 4.43. The minimum atomic E-state index is -0.249. The van der Waals surface area contributed by atoms with Crippen molar-refractivity contribution in [3.63, 3.8) is 0 Å². The summed E-state index contributed by atoms with van der Waals surface area (Å²) in [4.78, 5) is 24.5. The molecule has 0 fully saturated rings. The minimum absolute atomic E-state index is 0.0411. The van der Waals surface area contributed by atoms with Gasteiger partial charge in [0.1, 0.15) is 0 Å². The molecule has 0 spiro atoms. The number of rotatable bonds is 5. The Labute approximate surface area is 156 Å². The summed E-state index contributed by atoms with van der Waals surface area (Å²) >= 11 is 0. The largest absolute Gasteiger partial charge is 0.343 e. The Bertz CT molecular complexity index is 787. The van der Waals surface area contributed by atoms with Gasteiger partial charge in [0.05, 0.1) is 6.54 Å². The molecule has 0 aliphatic heterocycles. The van der Waals surface area contributed by atoms with Crippen LogP contribution in [0.25, 0.3) is 0 Å². The summed E-state index contributed by atoms with van der Waals surface area (Å²) in [5.74, 6) is -0.477. The summed E-state index contributed by atoms with van der Waals surface area (Å²) in [5, 5.41) is 5.60. The fourth-order valence-corrected chi connectivity index (χ4v) is 2.77. The van der Waals surface area contributed by atoms with Crippen LogP contribution in [0.15, 0.2) is 42.5 Å². The highest BCUT2D eigenvalue weighted by atomic mass is 16.2. The Morgan fingerprint density at radius 1 is 1.00 bits per heavy atom. The average Bonchev–Trinajstić information content (AvgIpc) is 2.60. The van der Waals surface area contributed by atoms with Crippen LogP contribution in [0.1, 0.15) is 54.7 Å². The number of carbonyl (C=O) groups is 2. The van der Waals surface area contributed by atoms with Gasteiger partial charge in [0.15, 0.2) is 0 Å². The third kappa shape index (κ3) is 4.94. The van der Waals surface area contributed by atoms with E-state index in [1.165, 1.54) is 5.56 Å². The van der Waals surface area contributed by atoms with E-state index in [1.54, 1.807) is 12.1 Å². The Kier molecular flexibility index (Phi) is 6.19. The van der Waals surface area contributed by atoms with Crippen LogP contribution in [0.2, 0.25) is 0 Å². The maximum absolute atomic E-state index is 12.3. The molecule has 0 aliphatic rings. The highest BCUT2D eigenvalue weighted by molar-refractivity contribution is 5.99. The van der Waals surface area contributed by atoms with Gasteiger partial charge in [-0.15, -0.1) is 0 Å². The van der Waals surface area contributed by atoms with Crippen molar-refractivity contribution in [1.82, 2.24) is 5.32 Å². The summed E-state index contributed by atoms with van der Waals surface area (Å²) in [6.45, 7) is 10.3. The molecular weight excluding hydrogens is 324 g/mol. The lowest BCUT2D eigenvalue weighted by Gasteiger charge is -2.19. The molecule has 4 nitrogen and oxygen atoms in total. The van der Waals surface area contributed by atoms with Gasteiger partial charge in [-0.3, -0.25) is 9.59 Å². The lowest BCUT2D eigenvalue weighted by atomic mass is 9.87. The second-order valence-electron chi connectivity index (χ2n) is 7.52. The molecule has 138 valence electrons. The van der Waals surface area contributed by atoms with E-state index >= 15 is 0 Å². The fourth-order valence-electron chi connectivity index (χ4n) is 2.77. The van der Waals surface area contributed by atoms with E-state index in [2.05, 4.69) is 31.4 Å². The Morgan fingerprint density at radius 3 is 2.23 bits per heavy atom.